The van der Waals surface area contributed by atoms with Gasteiger partial charge < -0.3 is 9.47 Å². The molecule has 3 aromatic carbocycles. The number of nitrogens with zero attached hydrogens (tertiary/aromatic N) is 2. The second-order valence-corrected chi connectivity index (χ2v) is 7.15. The first-order valence-electron chi connectivity index (χ1n) is 10.3. The van der Waals surface area contributed by atoms with Crippen molar-refractivity contribution in [2.45, 2.75) is 19.8 Å². The molecule has 0 saturated heterocycles. The number of unbranched alkanes of at least 4 members (excludes halogenated alkanes) is 1. The summed E-state index contributed by atoms with van der Waals surface area (Å²) in [5.41, 5.74) is 7.02. The summed E-state index contributed by atoms with van der Waals surface area (Å²) >= 11 is 0. The molecule has 1 aliphatic heterocycles. The maximum absolute atomic E-state index is 13.4. The molecule has 3 aromatic rings. The van der Waals surface area contributed by atoms with E-state index in [2.05, 4.69) is 17.5 Å². The van der Waals surface area contributed by atoms with Crippen LogP contribution in [0.15, 0.2) is 76.8 Å². The molecule has 0 atom stereocenters. The topological polar surface area (TPSA) is 55.2 Å². The molecule has 0 unspecified atom stereocenters. The number of hydrogen-bond acceptors (Lipinski definition) is 5. The van der Waals surface area contributed by atoms with Crippen LogP contribution in [0.1, 0.15) is 36.5 Å². The monoisotopic (exact) mass is 417 g/mol. The molecule has 31 heavy (non-hydrogen) atoms. The van der Waals surface area contributed by atoms with Crippen LogP contribution >= 0.6 is 0 Å². The fourth-order valence-corrected chi connectivity index (χ4v) is 3.24. The molecule has 158 valence electrons. The molecule has 0 bridgehead atoms. The molecular formula is C25H24FN3O2. The Morgan fingerprint density at radius 3 is 2.32 bits per heavy atom. The standard InChI is InChI=1S/C25H24FN3O2/c1-3-4-15-31-20-11-7-17(8-12-20)24-22-16-21(30-2)13-14-23(22)27-25(29-28-24)18-5-9-19(26)10-6-18/h5-14,16H,3-4,15H2,1-2H3,(H,27,29). The maximum Gasteiger partial charge on any atom is 0.154 e. The summed E-state index contributed by atoms with van der Waals surface area (Å²) in [7, 11) is 1.63. The Hall–Kier alpha value is -3.67. The fourth-order valence-electron chi connectivity index (χ4n) is 3.24. The highest BCUT2D eigenvalue weighted by atomic mass is 19.1. The Labute approximate surface area is 181 Å². The van der Waals surface area contributed by atoms with Gasteiger partial charge in [-0.25, -0.2) is 9.38 Å². The van der Waals surface area contributed by atoms with Crippen LogP contribution in [0, 0.1) is 5.82 Å². The molecule has 6 heteroatoms. The molecule has 0 fully saturated rings. The third kappa shape index (κ3) is 4.74. The minimum atomic E-state index is -0.298. The van der Waals surface area contributed by atoms with Crippen LogP contribution in [0.4, 0.5) is 10.1 Å². The van der Waals surface area contributed by atoms with Gasteiger partial charge in [0.2, 0.25) is 0 Å². The van der Waals surface area contributed by atoms with Crippen LogP contribution < -0.4 is 14.9 Å². The van der Waals surface area contributed by atoms with Crippen LogP contribution in [-0.2, 0) is 0 Å². The lowest BCUT2D eigenvalue weighted by Crippen LogP contribution is -2.19. The van der Waals surface area contributed by atoms with E-state index >= 15 is 0 Å². The van der Waals surface area contributed by atoms with Crippen LogP contribution in [0.3, 0.4) is 0 Å². The van der Waals surface area contributed by atoms with Crippen LogP contribution in [0.5, 0.6) is 11.5 Å². The van der Waals surface area contributed by atoms with E-state index in [1.807, 2.05) is 42.5 Å². The molecule has 1 N–H and O–H groups in total. The molecule has 0 aliphatic carbocycles. The van der Waals surface area contributed by atoms with Crippen molar-refractivity contribution >= 4 is 17.2 Å². The molecule has 0 saturated carbocycles. The van der Waals surface area contributed by atoms with Gasteiger partial charge in [-0.2, -0.15) is 5.10 Å². The van der Waals surface area contributed by atoms with Crippen LogP contribution in [0.25, 0.3) is 0 Å². The van der Waals surface area contributed by atoms with Crippen LogP contribution in [-0.4, -0.2) is 25.3 Å². The van der Waals surface area contributed by atoms with Gasteiger partial charge in [0.15, 0.2) is 5.84 Å². The third-order valence-corrected chi connectivity index (χ3v) is 4.98. The Balaban J connectivity index is 1.71. The van der Waals surface area contributed by atoms with Gasteiger partial charge in [0.1, 0.15) is 23.0 Å². The maximum atomic E-state index is 13.4. The van der Waals surface area contributed by atoms with E-state index in [-0.39, 0.29) is 5.82 Å². The van der Waals surface area contributed by atoms with E-state index in [0.717, 1.165) is 46.7 Å². The summed E-state index contributed by atoms with van der Waals surface area (Å²) in [6.45, 7) is 2.84. The molecule has 0 spiro atoms. The van der Waals surface area contributed by atoms with Crippen molar-refractivity contribution in [1.82, 2.24) is 5.43 Å². The molecule has 0 radical (unpaired) electrons. The second kappa shape index (κ2) is 9.43. The number of nitrogens with one attached hydrogen (secondary N) is 1. The summed E-state index contributed by atoms with van der Waals surface area (Å²) in [5, 5.41) is 4.64. The molecule has 5 nitrogen and oxygen atoms in total. The van der Waals surface area contributed by atoms with E-state index in [9.17, 15) is 4.39 Å². The quantitative estimate of drug-likeness (QED) is 0.520. The van der Waals surface area contributed by atoms with Crippen molar-refractivity contribution in [2.24, 2.45) is 10.1 Å². The van der Waals surface area contributed by atoms with Crippen LogP contribution in [0.2, 0.25) is 0 Å². The average molecular weight is 417 g/mol. The number of rotatable bonds is 7. The third-order valence-electron chi connectivity index (χ3n) is 4.98. The first-order chi connectivity index (χ1) is 15.2. The smallest absolute Gasteiger partial charge is 0.154 e. The van der Waals surface area contributed by atoms with Gasteiger partial charge in [-0.3, -0.25) is 5.43 Å². The zero-order chi connectivity index (χ0) is 21.6. The highest BCUT2D eigenvalue weighted by Crippen LogP contribution is 2.30. The summed E-state index contributed by atoms with van der Waals surface area (Å²) < 4.78 is 24.6. The number of benzene rings is 3. The number of ether oxygens (including phenoxy) is 2. The first kappa shape index (κ1) is 20.6. The number of amidine groups is 1. The number of fused-ring (bicyclic) bond motifs is 1. The van der Waals surface area contributed by atoms with Gasteiger partial charge in [-0.05, 0) is 73.2 Å². The van der Waals surface area contributed by atoms with Crippen molar-refractivity contribution in [2.75, 3.05) is 13.7 Å². The Kier molecular flexibility index (Phi) is 6.26. The van der Waals surface area contributed by atoms with Gasteiger partial charge in [0.05, 0.1) is 19.4 Å². The molecule has 1 aliphatic rings. The minimum Gasteiger partial charge on any atom is -0.497 e. The van der Waals surface area contributed by atoms with Crippen molar-refractivity contribution in [3.8, 4) is 11.5 Å². The van der Waals surface area contributed by atoms with Gasteiger partial charge in [0.25, 0.3) is 0 Å². The lowest BCUT2D eigenvalue weighted by Gasteiger charge is -2.11. The fraction of sp³-hybridized carbons (Fsp3) is 0.200. The SMILES string of the molecule is CCCCOc1ccc(C2=NNC(c3ccc(F)cc3)=Nc3ccc(OC)cc32)cc1. The van der Waals surface area contributed by atoms with E-state index in [1.54, 1.807) is 19.2 Å². The zero-order valence-electron chi connectivity index (χ0n) is 17.6. The summed E-state index contributed by atoms with van der Waals surface area (Å²) in [6, 6.07) is 19.7. The highest BCUT2D eigenvalue weighted by molar-refractivity contribution is 6.18. The predicted molar refractivity (Wildman–Crippen MR) is 121 cm³/mol. The van der Waals surface area contributed by atoms with Gasteiger partial charge in [0, 0.05) is 16.7 Å². The Bertz CT molecular complexity index is 1110. The minimum absolute atomic E-state index is 0.298. The van der Waals surface area contributed by atoms with Crippen molar-refractivity contribution in [3.63, 3.8) is 0 Å². The average Bonchev–Trinajstić information content (AvgIpc) is 2.99. The second-order valence-electron chi connectivity index (χ2n) is 7.15. The van der Waals surface area contributed by atoms with Crippen molar-refractivity contribution in [3.05, 3.63) is 89.2 Å². The summed E-state index contributed by atoms with van der Waals surface area (Å²) in [6.07, 6.45) is 2.12. The largest absolute Gasteiger partial charge is 0.497 e. The zero-order valence-corrected chi connectivity index (χ0v) is 17.6. The number of halogens is 1. The number of aliphatic imine (C=N–C) groups is 1. The van der Waals surface area contributed by atoms with E-state index in [0.29, 0.717) is 18.2 Å². The lowest BCUT2D eigenvalue weighted by atomic mass is 10.0. The molecule has 4 rings (SSSR count). The molecule has 1 heterocycles. The van der Waals surface area contributed by atoms with Crippen molar-refractivity contribution < 1.29 is 13.9 Å². The number of hydrazone groups is 1. The Morgan fingerprint density at radius 1 is 0.903 bits per heavy atom. The van der Waals surface area contributed by atoms with Gasteiger partial charge in [-0.1, -0.05) is 13.3 Å². The molecule has 0 aromatic heterocycles. The van der Waals surface area contributed by atoms with E-state index in [4.69, 9.17) is 14.5 Å². The summed E-state index contributed by atoms with van der Waals surface area (Å²) in [4.78, 5) is 4.75. The molecular weight excluding hydrogens is 393 g/mol. The first-order valence-corrected chi connectivity index (χ1v) is 10.3. The van der Waals surface area contributed by atoms with Crippen molar-refractivity contribution in [1.29, 1.82) is 0 Å². The normalized spacial score (nSPS) is 12.7. The summed E-state index contributed by atoms with van der Waals surface area (Å²) in [5.74, 6) is 1.79. The van der Waals surface area contributed by atoms with E-state index in [1.165, 1.54) is 12.1 Å². The highest BCUT2D eigenvalue weighted by Gasteiger charge is 2.18. The van der Waals surface area contributed by atoms with Gasteiger partial charge in [-0.15, -0.1) is 0 Å². The Morgan fingerprint density at radius 2 is 1.61 bits per heavy atom. The molecule has 0 amide bonds. The number of methoxy groups -OCH3 is 1. The van der Waals surface area contributed by atoms with E-state index < -0.39 is 0 Å². The predicted octanol–water partition coefficient (Wildman–Crippen LogP) is 5.45. The lowest BCUT2D eigenvalue weighted by molar-refractivity contribution is 0.309. The number of hydrogen-bond donors (Lipinski definition) is 1. The van der Waals surface area contributed by atoms with Gasteiger partial charge >= 0.3 is 0 Å².